The maximum atomic E-state index is 12.7. The molecule has 1 aliphatic rings. The smallest absolute Gasteiger partial charge is 0.262 e. The van der Waals surface area contributed by atoms with Gasteiger partial charge in [0.05, 0.1) is 13.3 Å². The molecule has 1 aliphatic heterocycles. The van der Waals surface area contributed by atoms with Crippen molar-refractivity contribution < 1.29 is 28.9 Å². The van der Waals surface area contributed by atoms with Crippen molar-refractivity contribution >= 4 is 18.0 Å². The largest absolute Gasteiger partial charge is 0.504 e. The molecule has 1 atom stereocenters. The molecule has 0 radical (unpaired) electrons. The number of amides is 2. The number of aromatic hydroxyl groups is 1. The first-order valence-electron chi connectivity index (χ1n) is 10.4. The van der Waals surface area contributed by atoms with E-state index in [1.807, 2.05) is 13.8 Å². The molecule has 0 saturated carbocycles. The number of fused-ring (bicyclic) bond motifs is 1. The van der Waals surface area contributed by atoms with Crippen molar-refractivity contribution in [2.75, 3.05) is 13.9 Å². The van der Waals surface area contributed by atoms with Crippen molar-refractivity contribution in [3.8, 4) is 23.0 Å². The van der Waals surface area contributed by atoms with Gasteiger partial charge in [0.25, 0.3) is 11.8 Å². The Bertz CT molecular complexity index is 1080. The van der Waals surface area contributed by atoms with Gasteiger partial charge in [0.1, 0.15) is 6.04 Å². The van der Waals surface area contributed by atoms with Crippen molar-refractivity contribution in [1.29, 1.82) is 0 Å². The van der Waals surface area contributed by atoms with E-state index in [2.05, 4.69) is 22.4 Å². The van der Waals surface area contributed by atoms with Gasteiger partial charge in [0.15, 0.2) is 23.0 Å². The number of nitrogens with one attached hydrogen (secondary N) is 2. The Kier molecular flexibility index (Phi) is 7.55. The topological polar surface area (TPSA) is 118 Å². The van der Waals surface area contributed by atoms with Gasteiger partial charge >= 0.3 is 0 Å². The highest BCUT2D eigenvalue weighted by Gasteiger charge is 2.25. The number of allylic oxidation sites excluding steroid dienone is 1. The van der Waals surface area contributed by atoms with E-state index < -0.39 is 17.9 Å². The quantitative estimate of drug-likeness (QED) is 0.305. The number of methoxy groups -OCH3 is 1. The summed E-state index contributed by atoms with van der Waals surface area (Å²) >= 11 is 0. The lowest BCUT2D eigenvalue weighted by Gasteiger charge is -2.20. The molecule has 0 unspecified atom stereocenters. The average Bonchev–Trinajstić information content (AvgIpc) is 3.27. The molecular weight excluding hydrogens is 426 g/mol. The Morgan fingerprint density at radius 3 is 2.70 bits per heavy atom. The fourth-order valence-electron chi connectivity index (χ4n) is 3.27. The minimum atomic E-state index is -0.814. The third-order valence-electron chi connectivity index (χ3n) is 5.02. The molecule has 2 aromatic rings. The number of hydrogen-bond donors (Lipinski definition) is 3. The van der Waals surface area contributed by atoms with E-state index in [1.165, 1.54) is 13.3 Å². The summed E-state index contributed by atoms with van der Waals surface area (Å²) in [5, 5.41) is 16.9. The lowest BCUT2D eigenvalue weighted by Crippen LogP contribution is -2.48. The van der Waals surface area contributed by atoms with E-state index >= 15 is 0 Å². The third kappa shape index (κ3) is 5.62. The molecule has 2 amide bonds. The van der Waals surface area contributed by atoms with Gasteiger partial charge in [-0.1, -0.05) is 19.9 Å². The molecule has 33 heavy (non-hydrogen) atoms. The SMILES string of the molecule is C=CCc1cc(C=NNC(=O)[C@@H](NC(=O)c2ccc3c(c2)OCO3)C(C)C)cc(OC)c1O. The van der Waals surface area contributed by atoms with Gasteiger partial charge in [-0.15, -0.1) is 6.58 Å². The Morgan fingerprint density at radius 1 is 1.24 bits per heavy atom. The zero-order valence-electron chi connectivity index (χ0n) is 18.8. The highest BCUT2D eigenvalue weighted by atomic mass is 16.7. The number of phenolic OH excluding ortho intramolecular Hbond substituents is 1. The number of nitrogens with zero attached hydrogens (tertiary/aromatic N) is 1. The zero-order valence-corrected chi connectivity index (χ0v) is 18.8. The van der Waals surface area contributed by atoms with Gasteiger partial charge in [-0.05, 0) is 48.2 Å². The van der Waals surface area contributed by atoms with Gasteiger partial charge in [0.2, 0.25) is 6.79 Å². The standard InChI is InChI=1S/C24H27N3O6/c1-5-6-16-9-15(10-20(31-4)22(16)28)12-25-27-24(30)21(14(2)3)26-23(29)17-7-8-18-19(11-17)33-13-32-18/h5,7-12,14,21,28H,1,6,13H2,2-4H3,(H,26,29)(H,27,30)/t21-/m0/s1. The fraction of sp³-hybridized carbons (Fsp3) is 0.292. The number of hydrogen-bond acceptors (Lipinski definition) is 7. The van der Waals surface area contributed by atoms with E-state index in [1.54, 1.807) is 36.4 Å². The van der Waals surface area contributed by atoms with Crippen molar-refractivity contribution in [2.45, 2.75) is 26.3 Å². The summed E-state index contributed by atoms with van der Waals surface area (Å²) in [6.07, 6.45) is 3.54. The van der Waals surface area contributed by atoms with E-state index in [0.717, 1.165) is 0 Å². The predicted octanol–water partition coefficient (Wildman–Crippen LogP) is 2.76. The first-order chi connectivity index (χ1) is 15.8. The monoisotopic (exact) mass is 453 g/mol. The van der Waals surface area contributed by atoms with Gasteiger partial charge in [0, 0.05) is 11.1 Å². The summed E-state index contributed by atoms with van der Waals surface area (Å²) in [6, 6.07) is 7.33. The molecule has 3 rings (SSSR count). The molecule has 9 heteroatoms. The highest BCUT2D eigenvalue weighted by Crippen LogP contribution is 2.33. The number of phenols is 1. The molecule has 0 spiro atoms. The molecule has 174 valence electrons. The number of rotatable bonds is 9. The van der Waals surface area contributed by atoms with Crippen LogP contribution in [0.5, 0.6) is 23.0 Å². The maximum absolute atomic E-state index is 12.7. The second kappa shape index (κ2) is 10.5. The molecular formula is C24H27N3O6. The van der Waals surface area contributed by atoms with Crippen LogP contribution < -0.4 is 25.0 Å². The van der Waals surface area contributed by atoms with E-state index in [4.69, 9.17) is 14.2 Å². The van der Waals surface area contributed by atoms with Crippen LogP contribution in [-0.4, -0.2) is 43.1 Å². The first kappa shape index (κ1) is 23.6. The summed E-state index contributed by atoms with van der Waals surface area (Å²) in [6.45, 7) is 7.42. The van der Waals surface area contributed by atoms with Gasteiger partial charge in [-0.3, -0.25) is 9.59 Å². The molecule has 0 aromatic heterocycles. The maximum Gasteiger partial charge on any atom is 0.262 e. The van der Waals surface area contributed by atoms with Gasteiger partial charge in [-0.25, -0.2) is 5.43 Å². The molecule has 2 aromatic carbocycles. The second-order valence-corrected chi connectivity index (χ2v) is 7.72. The van der Waals surface area contributed by atoms with Crippen LogP contribution >= 0.6 is 0 Å². The van der Waals surface area contributed by atoms with Gasteiger partial charge in [-0.2, -0.15) is 5.10 Å². The summed E-state index contributed by atoms with van der Waals surface area (Å²) in [7, 11) is 1.45. The van der Waals surface area contributed by atoms with Crippen LogP contribution in [0.3, 0.4) is 0 Å². The van der Waals surface area contributed by atoms with Crippen LogP contribution in [0.1, 0.15) is 35.3 Å². The zero-order chi connectivity index (χ0) is 24.0. The minimum absolute atomic E-state index is 0.0321. The number of ether oxygens (including phenoxy) is 3. The van der Waals surface area contributed by atoms with Crippen molar-refractivity contribution in [3.05, 3.63) is 59.7 Å². The van der Waals surface area contributed by atoms with Crippen LogP contribution in [0.25, 0.3) is 0 Å². The summed E-state index contributed by atoms with van der Waals surface area (Å²) in [5.41, 5.74) is 4.05. The van der Waals surface area contributed by atoms with Crippen molar-refractivity contribution in [1.82, 2.24) is 10.7 Å². The molecule has 1 heterocycles. The van der Waals surface area contributed by atoms with E-state index in [0.29, 0.717) is 34.6 Å². The predicted molar refractivity (Wildman–Crippen MR) is 123 cm³/mol. The fourth-order valence-corrected chi connectivity index (χ4v) is 3.27. The number of carbonyl (C=O) groups is 2. The molecule has 0 saturated heterocycles. The normalized spacial score (nSPS) is 13.1. The molecule has 3 N–H and O–H groups in total. The lowest BCUT2D eigenvalue weighted by molar-refractivity contribution is -0.123. The Balaban J connectivity index is 1.68. The average molecular weight is 453 g/mol. The Labute approximate surface area is 192 Å². The van der Waals surface area contributed by atoms with Crippen LogP contribution in [-0.2, 0) is 11.2 Å². The van der Waals surface area contributed by atoms with Crippen molar-refractivity contribution in [3.63, 3.8) is 0 Å². The minimum Gasteiger partial charge on any atom is -0.504 e. The number of hydrazone groups is 1. The lowest BCUT2D eigenvalue weighted by atomic mass is 10.0. The van der Waals surface area contributed by atoms with Crippen LogP contribution in [0.4, 0.5) is 0 Å². The summed E-state index contributed by atoms with van der Waals surface area (Å²) in [4.78, 5) is 25.4. The molecule has 0 bridgehead atoms. The molecule has 0 aliphatic carbocycles. The second-order valence-electron chi connectivity index (χ2n) is 7.72. The number of carbonyl (C=O) groups excluding carboxylic acids is 2. The summed E-state index contributed by atoms with van der Waals surface area (Å²) < 4.78 is 15.7. The van der Waals surface area contributed by atoms with Gasteiger partial charge < -0.3 is 24.6 Å². The highest BCUT2D eigenvalue weighted by molar-refractivity contribution is 5.98. The molecule has 9 nitrogen and oxygen atoms in total. The van der Waals surface area contributed by atoms with Crippen LogP contribution in [0, 0.1) is 5.92 Å². The summed E-state index contributed by atoms with van der Waals surface area (Å²) in [5.74, 6) is 0.309. The van der Waals surface area contributed by atoms with E-state index in [-0.39, 0.29) is 24.2 Å². The first-order valence-corrected chi connectivity index (χ1v) is 10.4. The van der Waals surface area contributed by atoms with Crippen molar-refractivity contribution in [2.24, 2.45) is 11.0 Å². The third-order valence-corrected chi connectivity index (χ3v) is 5.02. The van der Waals surface area contributed by atoms with Crippen LogP contribution in [0.15, 0.2) is 48.1 Å². The van der Waals surface area contributed by atoms with Crippen LogP contribution in [0.2, 0.25) is 0 Å². The van der Waals surface area contributed by atoms with E-state index in [9.17, 15) is 14.7 Å². The number of benzene rings is 2. The molecule has 0 fully saturated rings. The Hall–Kier alpha value is -4.01. The Morgan fingerprint density at radius 2 is 2.00 bits per heavy atom.